The van der Waals surface area contributed by atoms with Crippen molar-refractivity contribution < 1.29 is 44.3 Å². The third kappa shape index (κ3) is 6.39. The molecule has 15 heteroatoms. The Labute approximate surface area is 200 Å². The van der Waals surface area contributed by atoms with Crippen LogP contribution in [0.2, 0.25) is 5.02 Å². The number of aromatic nitrogens is 1. The summed E-state index contributed by atoms with van der Waals surface area (Å²) in [6.07, 6.45) is -3.75. The fraction of sp³-hybridized carbons (Fsp3) is 0.200. The predicted octanol–water partition coefficient (Wildman–Crippen LogP) is 5.28. The minimum Gasteiger partial charge on any atom is -0.416 e. The van der Waals surface area contributed by atoms with Crippen LogP contribution in [0.25, 0.3) is 0 Å². The highest BCUT2D eigenvalue weighted by molar-refractivity contribution is 7.92. The molecule has 3 aromatic rings. The molecule has 2 aromatic carbocycles. The molecule has 1 heterocycles. The second kappa shape index (κ2) is 9.70. The number of oxazole rings is 1. The number of amides is 1. The Morgan fingerprint density at radius 2 is 1.83 bits per heavy atom. The maximum Gasteiger partial charge on any atom is 0.417 e. The molecular formula is C20H15ClF5N3O5S. The normalized spacial score (nSPS) is 12.8. The molecule has 35 heavy (non-hydrogen) atoms. The molecule has 0 fully saturated rings. The summed E-state index contributed by atoms with van der Waals surface area (Å²) >= 11 is 5.73. The van der Waals surface area contributed by atoms with Crippen molar-refractivity contribution in [1.82, 2.24) is 10.3 Å². The molecule has 188 valence electrons. The maximum atomic E-state index is 14.2. The van der Waals surface area contributed by atoms with Gasteiger partial charge in [0, 0.05) is 0 Å². The van der Waals surface area contributed by atoms with E-state index in [1.165, 1.54) is 6.92 Å². The van der Waals surface area contributed by atoms with Gasteiger partial charge in [0.15, 0.2) is 23.1 Å². The number of anilines is 1. The molecule has 1 atom stereocenters. The lowest BCUT2D eigenvalue weighted by Crippen LogP contribution is -2.27. The summed E-state index contributed by atoms with van der Waals surface area (Å²) in [5.74, 6) is -3.70. The van der Waals surface area contributed by atoms with Gasteiger partial charge in [0.05, 0.1) is 22.9 Å². The number of sulfonamides is 1. The van der Waals surface area contributed by atoms with Crippen molar-refractivity contribution in [2.45, 2.75) is 19.1 Å². The Balaban J connectivity index is 1.73. The average Bonchev–Trinajstić information content (AvgIpc) is 3.19. The van der Waals surface area contributed by atoms with Gasteiger partial charge >= 0.3 is 12.3 Å². The van der Waals surface area contributed by atoms with E-state index < -0.39 is 67.9 Å². The zero-order chi connectivity index (χ0) is 26.1. The van der Waals surface area contributed by atoms with E-state index in [4.69, 9.17) is 20.8 Å². The molecule has 0 saturated heterocycles. The smallest absolute Gasteiger partial charge is 0.416 e. The van der Waals surface area contributed by atoms with Crippen molar-refractivity contribution in [3.63, 3.8) is 0 Å². The van der Waals surface area contributed by atoms with Crippen molar-refractivity contribution in [2.24, 2.45) is 0 Å². The Kier molecular flexibility index (Phi) is 7.26. The second-order valence-electron chi connectivity index (χ2n) is 7.15. The van der Waals surface area contributed by atoms with E-state index in [0.717, 1.165) is 42.9 Å². The third-order valence-corrected chi connectivity index (χ3v) is 5.35. The van der Waals surface area contributed by atoms with Gasteiger partial charge in [-0.25, -0.2) is 17.2 Å². The van der Waals surface area contributed by atoms with Crippen LogP contribution in [0.15, 0.2) is 41.0 Å². The Bertz CT molecular complexity index is 1350. The van der Waals surface area contributed by atoms with Gasteiger partial charge in [-0.3, -0.25) is 9.52 Å². The monoisotopic (exact) mass is 539 g/mol. The number of nitrogens with one attached hydrogen (secondary N) is 2. The average molecular weight is 540 g/mol. The molecule has 0 radical (unpaired) electrons. The zero-order valence-corrected chi connectivity index (χ0v) is 19.3. The molecule has 0 spiro atoms. The standard InChI is InChI=1S/C20H15ClF5N3O5S/c1-9(10-6-12(22)17(13(23)7-10)29-35(2,31)32)27-18(30)14-8-33-19(28-14)34-15-5-3-4-11(16(15)21)20(24,25)26/h3-9,29H,1-2H3,(H,27,30)/t9-/m1/s1. The van der Waals surface area contributed by atoms with Gasteiger partial charge in [-0.2, -0.15) is 18.2 Å². The van der Waals surface area contributed by atoms with Crippen LogP contribution in [0.5, 0.6) is 11.8 Å². The van der Waals surface area contributed by atoms with E-state index in [2.05, 4.69) is 10.3 Å². The van der Waals surface area contributed by atoms with E-state index in [1.807, 2.05) is 0 Å². The van der Waals surface area contributed by atoms with E-state index in [1.54, 1.807) is 4.72 Å². The lowest BCUT2D eigenvalue weighted by atomic mass is 10.1. The van der Waals surface area contributed by atoms with E-state index in [0.29, 0.717) is 0 Å². The van der Waals surface area contributed by atoms with Crippen molar-refractivity contribution in [3.8, 4) is 11.8 Å². The van der Waals surface area contributed by atoms with Crippen molar-refractivity contribution in [3.05, 3.63) is 70.1 Å². The molecule has 3 rings (SSSR count). The van der Waals surface area contributed by atoms with E-state index in [-0.39, 0.29) is 11.3 Å². The van der Waals surface area contributed by atoms with Crippen LogP contribution in [-0.2, 0) is 16.2 Å². The first kappa shape index (κ1) is 26.2. The summed E-state index contributed by atoms with van der Waals surface area (Å²) in [4.78, 5) is 16.1. The lowest BCUT2D eigenvalue weighted by molar-refractivity contribution is -0.137. The molecule has 2 N–H and O–H groups in total. The number of nitrogens with zero attached hydrogens (tertiary/aromatic N) is 1. The summed E-state index contributed by atoms with van der Waals surface area (Å²) in [6, 6.07) is 3.62. The molecule has 1 amide bonds. The fourth-order valence-corrected chi connectivity index (χ4v) is 3.63. The number of carbonyl (C=O) groups excluding carboxylic acids is 1. The first-order valence-electron chi connectivity index (χ1n) is 9.42. The van der Waals surface area contributed by atoms with Crippen LogP contribution in [0.1, 0.15) is 34.6 Å². The lowest BCUT2D eigenvalue weighted by Gasteiger charge is -2.15. The summed E-state index contributed by atoms with van der Waals surface area (Å²) in [5.41, 5.74) is -2.41. The minimum atomic E-state index is -4.73. The molecule has 0 bridgehead atoms. The number of hydrogen-bond donors (Lipinski definition) is 2. The number of benzene rings is 2. The van der Waals surface area contributed by atoms with Gasteiger partial charge in [-0.05, 0) is 36.8 Å². The zero-order valence-electron chi connectivity index (χ0n) is 17.7. The molecule has 1 aromatic heterocycles. The van der Waals surface area contributed by atoms with Crippen LogP contribution in [0.3, 0.4) is 0 Å². The largest absolute Gasteiger partial charge is 0.417 e. The number of halogens is 6. The number of hydrogen-bond acceptors (Lipinski definition) is 6. The molecule has 0 unspecified atom stereocenters. The topological polar surface area (TPSA) is 111 Å². The predicted molar refractivity (Wildman–Crippen MR) is 114 cm³/mol. The summed E-state index contributed by atoms with van der Waals surface area (Å²) in [6.45, 7) is 1.38. The second-order valence-corrected chi connectivity index (χ2v) is 9.27. The van der Waals surface area contributed by atoms with Crippen molar-refractivity contribution in [1.29, 1.82) is 0 Å². The van der Waals surface area contributed by atoms with E-state index in [9.17, 15) is 35.2 Å². The maximum absolute atomic E-state index is 14.2. The summed E-state index contributed by atoms with van der Waals surface area (Å²) < 4.78 is 102. The highest BCUT2D eigenvalue weighted by atomic mass is 35.5. The fourth-order valence-electron chi connectivity index (χ4n) is 2.79. The quantitative estimate of drug-likeness (QED) is 0.395. The van der Waals surface area contributed by atoms with Gasteiger partial charge < -0.3 is 14.5 Å². The molecule has 0 saturated carbocycles. The van der Waals surface area contributed by atoms with Crippen LogP contribution in [-0.4, -0.2) is 25.6 Å². The Hall–Kier alpha value is -3.39. The number of ether oxygens (including phenoxy) is 1. The van der Waals surface area contributed by atoms with Gasteiger partial charge in [-0.1, -0.05) is 17.7 Å². The summed E-state index contributed by atoms with van der Waals surface area (Å²) in [5, 5.41) is 1.65. The highest BCUT2D eigenvalue weighted by Crippen LogP contribution is 2.40. The minimum absolute atomic E-state index is 0.0388. The van der Waals surface area contributed by atoms with Gasteiger partial charge in [0.2, 0.25) is 10.0 Å². The Morgan fingerprint density at radius 3 is 2.40 bits per heavy atom. The first-order valence-corrected chi connectivity index (χ1v) is 11.7. The highest BCUT2D eigenvalue weighted by Gasteiger charge is 2.34. The first-order chi connectivity index (χ1) is 16.2. The van der Waals surface area contributed by atoms with Gasteiger partial charge in [0.25, 0.3) is 5.91 Å². The van der Waals surface area contributed by atoms with Gasteiger partial charge in [-0.15, -0.1) is 0 Å². The van der Waals surface area contributed by atoms with Crippen LogP contribution in [0, 0.1) is 11.6 Å². The molecular weight excluding hydrogens is 525 g/mol. The SMILES string of the molecule is C[C@@H](NC(=O)c1coc(Oc2cccc(C(F)(F)F)c2Cl)n1)c1cc(F)c(NS(C)(=O)=O)c(F)c1. The van der Waals surface area contributed by atoms with Crippen molar-refractivity contribution in [2.75, 3.05) is 11.0 Å². The van der Waals surface area contributed by atoms with Gasteiger partial charge in [0.1, 0.15) is 12.0 Å². The van der Waals surface area contributed by atoms with Crippen LogP contribution in [0.4, 0.5) is 27.6 Å². The number of alkyl halides is 3. The molecule has 8 nitrogen and oxygen atoms in total. The molecule has 0 aliphatic heterocycles. The number of rotatable bonds is 7. The van der Waals surface area contributed by atoms with Crippen LogP contribution < -0.4 is 14.8 Å². The molecule has 0 aliphatic rings. The Morgan fingerprint density at radius 1 is 1.20 bits per heavy atom. The third-order valence-electron chi connectivity index (χ3n) is 4.38. The van der Waals surface area contributed by atoms with Crippen LogP contribution >= 0.6 is 11.6 Å². The molecule has 0 aliphatic carbocycles. The van der Waals surface area contributed by atoms with E-state index >= 15 is 0 Å². The van der Waals surface area contributed by atoms with Crippen molar-refractivity contribution >= 4 is 33.2 Å². The number of carbonyl (C=O) groups is 1. The summed E-state index contributed by atoms with van der Waals surface area (Å²) in [7, 11) is -3.94.